The van der Waals surface area contributed by atoms with Gasteiger partial charge in [0.05, 0.1) is 35.2 Å². The first-order valence-electron chi connectivity index (χ1n) is 11.6. The smallest absolute Gasteiger partial charge is 0.269 e. The Morgan fingerprint density at radius 2 is 1.95 bits per heavy atom. The number of thioether (sulfide) groups is 1. The summed E-state index contributed by atoms with van der Waals surface area (Å²) in [5.74, 6) is -0.372. The quantitative estimate of drug-likeness (QED) is 0.162. The number of ether oxygens (including phenoxy) is 1. The summed E-state index contributed by atoms with van der Waals surface area (Å²) in [6, 6.07) is 18.3. The molecular weight excluding hydrogens is 559 g/mol. The maximum atomic E-state index is 13.7. The molecule has 0 fully saturated rings. The highest BCUT2D eigenvalue weighted by molar-refractivity contribution is 8.02. The predicted octanol–water partition coefficient (Wildman–Crippen LogP) is 7.53. The van der Waals surface area contributed by atoms with Crippen LogP contribution in [0.4, 0.5) is 11.4 Å². The van der Waals surface area contributed by atoms with Gasteiger partial charge >= 0.3 is 0 Å². The van der Waals surface area contributed by atoms with Crippen molar-refractivity contribution < 1.29 is 14.5 Å². The number of allylic oxidation sites excluding steroid dienone is 2. The number of hydrogen-bond acceptors (Lipinski definition) is 6. The summed E-state index contributed by atoms with van der Waals surface area (Å²) in [6.07, 6.45) is 0. The van der Waals surface area contributed by atoms with Crippen LogP contribution in [0.2, 0.25) is 10.0 Å². The summed E-state index contributed by atoms with van der Waals surface area (Å²) in [5, 5.41) is 18.6. The minimum atomic E-state index is -0.796. The Balaban J connectivity index is 1.75. The second-order valence-electron chi connectivity index (χ2n) is 8.46. The van der Waals surface area contributed by atoms with Gasteiger partial charge in [-0.25, -0.2) is 4.85 Å². The number of dihydropyridines is 1. The van der Waals surface area contributed by atoms with Crippen LogP contribution in [0.5, 0.6) is 5.75 Å². The van der Waals surface area contributed by atoms with Crippen molar-refractivity contribution in [3.8, 4) is 5.75 Å². The van der Waals surface area contributed by atoms with Gasteiger partial charge in [0.1, 0.15) is 5.75 Å². The number of nitrogens with zero attached hydrogens (tertiary/aromatic N) is 2. The second-order valence-corrected chi connectivity index (χ2v) is 10.3. The molecule has 0 spiro atoms. The lowest BCUT2D eigenvalue weighted by molar-refractivity contribution is -0.384. The molecular formula is C28H22Cl2N4O4S. The molecule has 39 heavy (non-hydrogen) atoms. The van der Waals surface area contributed by atoms with Gasteiger partial charge in [0.2, 0.25) is 5.70 Å². The predicted molar refractivity (Wildman–Crippen MR) is 155 cm³/mol. The molecule has 8 nitrogen and oxygen atoms in total. The number of hydrogen-bond donors (Lipinski definition) is 2. The van der Waals surface area contributed by atoms with Gasteiger partial charge in [-0.1, -0.05) is 53.5 Å². The van der Waals surface area contributed by atoms with Crippen LogP contribution >= 0.6 is 35.0 Å². The van der Waals surface area contributed by atoms with Crippen LogP contribution in [0.3, 0.4) is 0 Å². The maximum absolute atomic E-state index is 13.7. The second kappa shape index (κ2) is 12.3. The van der Waals surface area contributed by atoms with E-state index in [9.17, 15) is 14.9 Å². The van der Waals surface area contributed by atoms with Crippen molar-refractivity contribution >= 4 is 52.2 Å². The first-order valence-corrected chi connectivity index (χ1v) is 13.3. The molecule has 1 atom stereocenters. The van der Waals surface area contributed by atoms with Crippen LogP contribution < -0.4 is 15.4 Å². The number of non-ortho nitro benzene ring substituents is 1. The molecule has 0 aromatic heterocycles. The minimum absolute atomic E-state index is 0.0127. The van der Waals surface area contributed by atoms with Crippen molar-refractivity contribution in [2.24, 2.45) is 0 Å². The lowest BCUT2D eigenvalue weighted by atomic mass is 9.85. The highest BCUT2D eigenvalue weighted by Crippen LogP contribution is 2.45. The Morgan fingerprint density at radius 3 is 2.64 bits per heavy atom. The van der Waals surface area contributed by atoms with E-state index in [4.69, 9.17) is 34.5 Å². The third-order valence-electron chi connectivity index (χ3n) is 6.00. The number of rotatable bonds is 8. The molecule has 0 saturated heterocycles. The highest BCUT2D eigenvalue weighted by atomic mass is 35.5. The summed E-state index contributed by atoms with van der Waals surface area (Å²) in [7, 11) is 1.51. The Morgan fingerprint density at radius 1 is 1.18 bits per heavy atom. The molecule has 1 aliphatic rings. The van der Waals surface area contributed by atoms with Crippen molar-refractivity contribution in [2.75, 3.05) is 12.4 Å². The molecule has 4 rings (SSSR count). The molecule has 0 radical (unpaired) electrons. The normalized spacial score (nSPS) is 14.9. The Kier molecular flexibility index (Phi) is 8.82. The van der Waals surface area contributed by atoms with Gasteiger partial charge in [0, 0.05) is 39.2 Å². The van der Waals surface area contributed by atoms with Gasteiger partial charge in [-0.15, -0.1) is 11.8 Å². The van der Waals surface area contributed by atoms with Crippen LogP contribution in [-0.4, -0.2) is 17.9 Å². The number of amides is 1. The van der Waals surface area contributed by atoms with E-state index in [1.54, 1.807) is 61.5 Å². The third kappa shape index (κ3) is 6.20. The van der Waals surface area contributed by atoms with Crippen LogP contribution in [-0.2, 0) is 10.5 Å². The van der Waals surface area contributed by atoms with Crippen molar-refractivity contribution in [1.82, 2.24) is 5.32 Å². The van der Waals surface area contributed by atoms with E-state index in [1.165, 1.54) is 31.0 Å². The average molecular weight is 581 g/mol. The van der Waals surface area contributed by atoms with Crippen molar-refractivity contribution in [1.29, 1.82) is 0 Å². The lowest BCUT2D eigenvalue weighted by Gasteiger charge is -2.30. The molecule has 0 aliphatic carbocycles. The van der Waals surface area contributed by atoms with Gasteiger partial charge in [0.15, 0.2) is 0 Å². The molecule has 3 aromatic carbocycles. The molecule has 0 saturated carbocycles. The van der Waals surface area contributed by atoms with E-state index in [0.29, 0.717) is 49.1 Å². The first kappa shape index (κ1) is 28.0. The largest absolute Gasteiger partial charge is 0.495 e. The van der Waals surface area contributed by atoms with Crippen LogP contribution in [0, 0.1) is 16.7 Å². The average Bonchev–Trinajstić information content (AvgIpc) is 2.92. The fourth-order valence-electron chi connectivity index (χ4n) is 4.20. The monoisotopic (exact) mass is 580 g/mol. The lowest BCUT2D eigenvalue weighted by Crippen LogP contribution is -2.30. The van der Waals surface area contributed by atoms with Crippen molar-refractivity contribution in [3.05, 3.63) is 131 Å². The zero-order valence-corrected chi connectivity index (χ0v) is 23.2. The number of carbonyl (C=O) groups is 1. The molecule has 1 aliphatic heterocycles. The number of anilines is 1. The van der Waals surface area contributed by atoms with E-state index < -0.39 is 16.7 Å². The molecule has 11 heteroatoms. The summed E-state index contributed by atoms with van der Waals surface area (Å²) in [5.41, 5.74) is 2.85. The van der Waals surface area contributed by atoms with E-state index >= 15 is 0 Å². The molecule has 1 unspecified atom stereocenters. The van der Waals surface area contributed by atoms with Crippen molar-refractivity contribution in [3.63, 3.8) is 0 Å². The van der Waals surface area contributed by atoms with Gasteiger partial charge in [-0.2, -0.15) is 0 Å². The molecule has 1 amide bonds. The molecule has 2 N–H and O–H groups in total. The van der Waals surface area contributed by atoms with E-state index in [0.717, 1.165) is 5.56 Å². The fourth-order valence-corrected chi connectivity index (χ4v) is 5.75. The number of halogens is 2. The number of nitrogens with one attached hydrogen (secondary N) is 2. The van der Waals surface area contributed by atoms with E-state index in [1.807, 2.05) is 0 Å². The molecule has 3 aromatic rings. The Hall–Kier alpha value is -3.97. The summed E-state index contributed by atoms with van der Waals surface area (Å²) in [4.78, 5) is 28.3. The summed E-state index contributed by atoms with van der Waals surface area (Å²) < 4.78 is 5.38. The number of benzene rings is 3. The van der Waals surface area contributed by atoms with Crippen LogP contribution in [0.15, 0.2) is 88.7 Å². The number of nitro groups is 1. The molecule has 1 heterocycles. The van der Waals surface area contributed by atoms with E-state index in [2.05, 4.69) is 15.5 Å². The minimum Gasteiger partial charge on any atom is -0.495 e. The van der Waals surface area contributed by atoms with Gasteiger partial charge in [-0.05, 0) is 42.3 Å². The summed E-state index contributed by atoms with van der Waals surface area (Å²) >= 11 is 14.1. The van der Waals surface area contributed by atoms with E-state index in [-0.39, 0.29) is 11.4 Å². The summed E-state index contributed by atoms with van der Waals surface area (Å²) in [6.45, 7) is 9.81. The van der Waals surface area contributed by atoms with Crippen molar-refractivity contribution in [2.45, 2.75) is 18.6 Å². The number of para-hydroxylation sites is 2. The SMILES string of the molecule is [C-]#[N+]C1=C(SCc2cccc([N+](=O)[O-])c2)NC(C)=C(C(=O)Nc2ccccc2OC)C1c1ccc(Cl)cc1Cl. The number of methoxy groups -OCH3 is 1. The number of carbonyl (C=O) groups excluding carboxylic acids is 1. The Labute approximate surface area is 239 Å². The zero-order chi connectivity index (χ0) is 28.1. The third-order valence-corrected chi connectivity index (χ3v) is 7.64. The van der Waals surface area contributed by atoms with Gasteiger partial charge in [-0.3, -0.25) is 14.9 Å². The zero-order valence-electron chi connectivity index (χ0n) is 20.8. The first-order chi connectivity index (χ1) is 18.7. The fraction of sp³-hybridized carbons (Fsp3) is 0.143. The van der Waals surface area contributed by atoms with Crippen LogP contribution in [0.25, 0.3) is 4.85 Å². The maximum Gasteiger partial charge on any atom is 0.269 e. The van der Waals surface area contributed by atoms with Gasteiger partial charge < -0.3 is 15.4 Å². The van der Waals surface area contributed by atoms with Crippen LogP contribution in [0.1, 0.15) is 24.0 Å². The van der Waals surface area contributed by atoms with Gasteiger partial charge in [0.25, 0.3) is 11.6 Å². The topological polar surface area (TPSA) is 97.9 Å². The molecule has 0 bridgehead atoms. The number of nitro benzene ring substituents is 1. The highest BCUT2D eigenvalue weighted by Gasteiger charge is 2.36. The molecule has 198 valence electrons. The Bertz CT molecular complexity index is 1570. The standard InChI is InChI=1S/C28H22Cl2N4O4S/c1-16-24(27(35)33-22-9-4-5-10-23(22)38-3)25(20-12-11-18(29)14-21(20)30)26(31-2)28(32-16)39-15-17-7-6-8-19(13-17)34(36)37/h4-14,25,32H,15H2,1,3H3,(H,33,35).